The van der Waals surface area contributed by atoms with Crippen LogP contribution in [0.15, 0.2) is 55.0 Å². The average Bonchev–Trinajstić information content (AvgIpc) is 3.57. The molecular formula is C28H26F4N8O2. The zero-order valence-corrected chi connectivity index (χ0v) is 22.4. The molecule has 218 valence electrons. The summed E-state index contributed by atoms with van der Waals surface area (Å²) in [6, 6.07) is 7.12. The molecule has 0 radical (unpaired) electrons. The second-order valence-corrected chi connectivity index (χ2v) is 9.96. The number of alkyl halides is 1. The van der Waals surface area contributed by atoms with Gasteiger partial charge >= 0.3 is 0 Å². The van der Waals surface area contributed by atoms with Gasteiger partial charge in [0.15, 0.2) is 5.65 Å². The first-order valence-corrected chi connectivity index (χ1v) is 13.2. The number of fused-ring (bicyclic) bond motifs is 3. The molecule has 0 saturated carbocycles. The van der Waals surface area contributed by atoms with Crippen molar-refractivity contribution in [2.45, 2.75) is 18.5 Å². The number of aromatic amines is 1. The lowest BCUT2D eigenvalue weighted by Gasteiger charge is -2.40. The quantitative estimate of drug-likeness (QED) is 0.210. The number of piperidine rings is 1. The molecule has 2 N–H and O–H groups in total. The Morgan fingerprint density at radius 3 is 2.74 bits per heavy atom. The normalized spacial score (nSPS) is 17.3. The van der Waals surface area contributed by atoms with Crippen LogP contribution < -0.4 is 15.0 Å². The number of anilines is 1. The summed E-state index contributed by atoms with van der Waals surface area (Å²) in [4.78, 5) is 19.2. The number of H-pyrrole nitrogens is 1. The standard InChI is InChI=1S/C28H26F4N8O2/c1-38(32)23-15-39(9-7-22(23)35-28(41)25-20(30)3-2-4-21(25)31)24-6-5-16(12-33-24)18-11-17(42-10-8-29)14-40-26(18)19-13-34-36-27(19)37-40/h2-6,11-14,22-23H,7-10,15H2,1H3,(H,35,41)(H,36,37)/t22-,23?/m0/s1. The number of pyridine rings is 2. The maximum atomic E-state index is 14.6. The highest BCUT2D eigenvalue weighted by Gasteiger charge is 2.35. The number of ether oxygens (including phenoxy) is 1. The molecule has 1 aromatic carbocycles. The van der Waals surface area contributed by atoms with Gasteiger partial charge in [-0.1, -0.05) is 6.07 Å². The van der Waals surface area contributed by atoms with Gasteiger partial charge in [-0.3, -0.25) is 9.89 Å². The predicted octanol–water partition coefficient (Wildman–Crippen LogP) is 4.09. The lowest BCUT2D eigenvalue weighted by Crippen LogP contribution is -2.58. The van der Waals surface area contributed by atoms with Crippen LogP contribution in [0.4, 0.5) is 23.5 Å². The highest BCUT2D eigenvalue weighted by Crippen LogP contribution is 2.33. The maximum Gasteiger partial charge on any atom is 0.257 e. The van der Waals surface area contributed by atoms with Gasteiger partial charge in [0.25, 0.3) is 5.91 Å². The lowest BCUT2D eigenvalue weighted by atomic mass is 9.98. The molecule has 2 atom stereocenters. The van der Waals surface area contributed by atoms with Crippen molar-refractivity contribution >= 4 is 28.3 Å². The van der Waals surface area contributed by atoms with E-state index in [1.807, 2.05) is 11.0 Å². The molecule has 4 aromatic heterocycles. The number of amides is 1. The molecule has 5 heterocycles. The first-order chi connectivity index (χ1) is 20.3. The van der Waals surface area contributed by atoms with Crippen LogP contribution in [0.3, 0.4) is 0 Å². The topological polar surface area (TPSA) is 104 Å². The van der Waals surface area contributed by atoms with E-state index in [4.69, 9.17) is 4.74 Å². The van der Waals surface area contributed by atoms with Crippen LogP contribution >= 0.6 is 0 Å². The van der Waals surface area contributed by atoms with Gasteiger partial charge in [-0.2, -0.15) is 5.10 Å². The Bertz CT molecular complexity index is 1720. The van der Waals surface area contributed by atoms with E-state index in [1.54, 1.807) is 35.2 Å². The van der Waals surface area contributed by atoms with Crippen LogP contribution in [0.25, 0.3) is 27.7 Å². The Balaban J connectivity index is 1.24. The minimum Gasteiger partial charge on any atom is -0.489 e. The van der Waals surface area contributed by atoms with Crippen molar-refractivity contribution in [2.24, 2.45) is 0 Å². The van der Waals surface area contributed by atoms with E-state index in [0.29, 0.717) is 35.3 Å². The molecule has 6 rings (SSSR count). The minimum absolute atomic E-state index is 0.0986. The van der Waals surface area contributed by atoms with Gasteiger partial charge in [0.2, 0.25) is 0 Å². The molecule has 5 aromatic rings. The molecule has 1 unspecified atom stereocenters. The number of carbonyl (C=O) groups is 1. The van der Waals surface area contributed by atoms with E-state index >= 15 is 0 Å². The fourth-order valence-corrected chi connectivity index (χ4v) is 5.35. The fourth-order valence-electron chi connectivity index (χ4n) is 5.35. The number of hydrogen-bond donors (Lipinski definition) is 2. The molecule has 1 aliphatic rings. The molecule has 0 aliphatic carbocycles. The van der Waals surface area contributed by atoms with Gasteiger partial charge in [-0.05, 0) is 36.8 Å². The van der Waals surface area contributed by atoms with Crippen molar-refractivity contribution < 1.29 is 27.2 Å². The van der Waals surface area contributed by atoms with Gasteiger partial charge in [0.1, 0.15) is 42.0 Å². The van der Waals surface area contributed by atoms with E-state index in [1.165, 1.54) is 13.1 Å². The summed E-state index contributed by atoms with van der Waals surface area (Å²) in [6.45, 7) is -0.156. The van der Waals surface area contributed by atoms with E-state index in [2.05, 4.69) is 25.6 Å². The Morgan fingerprint density at radius 2 is 2.02 bits per heavy atom. The number of benzene rings is 1. The van der Waals surface area contributed by atoms with E-state index < -0.39 is 41.9 Å². The zero-order valence-electron chi connectivity index (χ0n) is 22.4. The predicted molar refractivity (Wildman–Crippen MR) is 147 cm³/mol. The summed E-state index contributed by atoms with van der Waals surface area (Å²) >= 11 is 0. The maximum absolute atomic E-state index is 14.6. The molecule has 42 heavy (non-hydrogen) atoms. The molecule has 10 nitrogen and oxygen atoms in total. The number of hydrogen-bond acceptors (Lipinski definition) is 7. The molecule has 1 saturated heterocycles. The van der Waals surface area contributed by atoms with Crippen molar-refractivity contribution in [1.82, 2.24) is 35.2 Å². The molecular weight excluding hydrogens is 556 g/mol. The van der Waals surface area contributed by atoms with Crippen molar-refractivity contribution in [1.29, 1.82) is 0 Å². The van der Waals surface area contributed by atoms with Crippen LogP contribution in [0.5, 0.6) is 5.75 Å². The Labute approximate surface area is 236 Å². The Hall–Kier alpha value is -4.72. The molecule has 0 bridgehead atoms. The van der Waals surface area contributed by atoms with Crippen molar-refractivity contribution in [3.05, 3.63) is 72.2 Å². The van der Waals surface area contributed by atoms with Gasteiger partial charge in [-0.15, -0.1) is 14.7 Å². The summed E-state index contributed by atoms with van der Waals surface area (Å²) in [5.41, 5.74) is 2.14. The summed E-state index contributed by atoms with van der Waals surface area (Å²) in [7, 11) is 1.24. The van der Waals surface area contributed by atoms with E-state index in [-0.39, 0.29) is 13.2 Å². The minimum atomic E-state index is -0.986. The molecule has 14 heteroatoms. The highest BCUT2D eigenvalue weighted by atomic mass is 19.2. The monoisotopic (exact) mass is 582 g/mol. The number of carbonyl (C=O) groups excluding carboxylic acids is 1. The number of rotatable bonds is 8. The van der Waals surface area contributed by atoms with Crippen molar-refractivity contribution in [2.75, 3.05) is 38.3 Å². The van der Waals surface area contributed by atoms with E-state index in [9.17, 15) is 22.4 Å². The average molecular weight is 583 g/mol. The number of aromatic nitrogens is 5. The SMILES string of the molecule is CN(F)C1CN(c2ccc(-c3cc(OCCF)cn4nc5[nH]ncc5c34)cn2)CC[C@@H]1NC(=O)c1c(F)cccc1F. The summed E-state index contributed by atoms with van der Waals surface area (Å²) in [6.07, 6.45) is 5.32. The zero-order chi connectivity index (χ0) is 29.4. The largest absolute Gasteiger partial charge is 0.489 e. The lowest BCUT2D eigenvalue weighted by molar-refractivity contribution is -0.0105. The first-order valence-electron chi connectivity index (χ1n) is 13.2. The van der Waals surface area contributed by atoms with Gasteiger partial charge < -0.3 is 15.0 Å². The second kappa shape index (κ2) is 11.3. The van der Waals surface area contributed by atoms with Crippen molar-refractivity contribution in [3.8, 4) is 16.9 Å². The highest BCUT2D eigenvalue weighted by molar-refractivity contribution is 6.01. The Kier molecular flexibility index (Phi) is 7.37. The number of halogens is 4. The van der Waals surface area contributed by atoms with Gasteiger partial charge in [-0.25, -0.2) is 22.7 Å². The smallest absolute Gasteiger partial charge is 0.257 e. The molecule has 0 spiro atoms. The first kappa shape index (κ1) is 27.4. The third kappa shape index (κ3) is 5.09. The Morgan fingerprint density at radius 1 is 1.21 bits per heavy atom. The van der Waals surface area contributed by atoms with Crippen LogP contribution in [0.1, 0.15) is 16.8 Å². The second-order valence-electron chi connectivity index (χ2n) is 9.96. The van der Waals surface area contributed by atoms with Crippen LogP contribution in [0, 0.1) is 11.6 Å². The van der Waals surface area contributed by atoms with Gasteiger partial charge in [0.05, 0.1) is 35.4 Å². The number of nitrogens with zero attached hydrogens (tertiary/aromatic N) is 6. The third-order valence-corrected chi connectivity index (χ3v) is 7.38. The van der Waals surface area contributed by atoms with Crippen molar-refractivity contribution in [3.63, 3.8) is 0 Å². The number of likely N-dealkylation sites (N-methyl/N-ethyl adjacent to an activating group) is 1. The van der Waals surface area contributed by atoms with Crippen LogP contribution in [-0.4, -0.2) is 81.3 Å². The summed E-state index contributed by atoms with van der Waals surface area (Å²) in [5.74, 6) is -1.89. The molecule has 1 fully saturated rings. The van der Waals surface area contributed by atoms with E-state index in [0.717, 1.165) is 34.2 Å². The summed E-state index contributed by atoms with van der Waals surface area (Å²) in [5, 5.41) is 15.3. The summed E-state index contributed by atoms with van der Waals surface area (Å²) < 4.78 is 62.8. The third-order valence-electron chi connectivity index (χ3n) is 7.38. The number of nitrogens with one attached hydrogen (secondary N) is 2. The van der Waals surface area contributed by atoms with Crippen LogP contribution in [0.2, 0.25) is 0 Å². The fraction of sp³-hybridized carbons (Fsp3) is 0.286. The van der Waals surface area contributed by atoms with Crippen LogP contribution in [-0.2, 0) is 0 Å². The van der Waals surface area contributed by atoms with Gasteiger partial charge in [0, 0.05) is 37.5 Å². The molecule has 1 aliphatic heterocycles. The molecule has 1 amide bonds.